The highest BCUT2D eigenvalue weighted by Gasteiger charge is 2.25. The molecule has 0 aliphatic carbocycles. The maximum Gasteiger partial charge on any atom is 0.304 e. The molecule has 0 aliphatic heterocycles. The number of aliphatic hydroxyl groups excluding tert-OH is 1. The fraction of sp³-hybridized carbons (Fsp3) is 1.00. The lowest BCUT2D eigenvalue weighted by Crippen LogP contribution is -2.39. The van der Waals surface area contributed by atoms with Crippen molar-refractivity contribution in [3.05, 3.63) is 0 Å². The summed E-state index contributed by atoms with van der Waals surface area (Å²) in [6, 6.07) is 0. The largest absolute Gasteiger partial charge is 0.394 e. The Labute approximate surface area is 282 Å². The highest BCUT2D eigenvalue weighted by Crippen LogP contribution is 2.06. The van der Waals surface area contributed by atoms with Crippen LogP contribution in [0.25, 0.3) is 0 Å². The van der Waals surface area contributed by atoms with Crippen molar-refractivity contribution in [3.63, 3.8) is 0 Å². The average molecular weight is 699 g/mol. The second kappa shape index (κ2) is 47.4. The molecule has 0 rings (SSSR count). The van der Waals surface area contributed by atoms with E-state index in [9.17, 15) is 5.11 Å². The Hall–Kier alpha value is -0.680. The van der Waals surface area contributed by atoms with Crippen LogP contribution in [0.15, 0.2) is 0 Å². The Balaban J connectivity index is -0.000000620. The fourth-order valence-corrected chi connectivity index (χ4v) is 2.56. The first-order valence-corrected chi connectivity index (χ1v) is 15.6. The van der Waals surface area contributed by atoms with Crippen molar-refractivity contribution in [2.45, 2.75) is 5.97 Å². The summed E-state index contributed by atoms with van der Waals surface area (Å²) >= 11 is 0. The molecule has 288 valence electrons. The molecule has 0 radical (unpaired) electrons. The molecule has 0 saturated carbocycles. The second-order valence-electron chi connectivity index (χ2n) is 8.77. The first-order chi connectivity index (χ1) is 23.0. The third-order valence-corrected chi connectivity index (χ3v) is 5.12. The van der Waals surface area contributed by atoms with Gasteiger partial charge in [0, 0.05) is 42.7 Å². The van der Waals surface area contributed by atoms with Gasteiger partial charge >= 0.3 is 5.97 Å². The second-order valence-corrected chi connectivity index (χ2v) is 8.77. The topological polar surface area (TPSA) is 179 Å². The van der Waals surface area contributed by atoms with E-state index in [1.54, 1.807) is 28.4 Å². The summed E-state index contributed by atoms with van der Waals surface area (Å²) in [7, 11) is 9.24. The van der Waals surface area contributed by atoms with Crippen LogP contribution >= 0.6 is 0 Å². The molecule has 47 heavy (non-hydrogen) atoms. The molecule has 0 atom stereocenters. The van der Waals surface area contributed by atoms with Gasteiger partial charge in [-0.2, -0.15) is 0 Å². The zero-order valence-corrected chi connectivity index (χ0v) is 29.8. The van der Waals surface area contributed by atoms with Gasteiger partial charge in [-0.3, -0.25) is 0 Å². The average Bonchev–Trinajstić information content (AvgIpc) is 3.09. The summed E-state index contributed by atoms with van der Waals surface area (Å²) in [6.45, 7) is 11.5. The molecule has 0 aliphatic rings. The summed E-state index contributed by atoms with van der Waals surface area (Å²) < 4.78 is 75.3. The maximum atomic E-state index is 9.47. The van der Waals surface area contributed by atoms with Gasteiger partial charge in [-0.25, -0.2) is 0 Å². The summed E-state index contributed by atoms with van der Waals surface area (Å²) in [5.74, 6) is -1.70. The highest BCUT2D eigenvalue weighted by molar-refractivity contribution is 4.49. The zero-order chi connectivity index (χ0) is 35.4. The van der Waals surface area contributed by atoms with Gasteiger partial charge in [0.1, 0.15) is 6.61 Å². The molecule has 17 heteroatoms. The van der Waals surface area contributed by atoms with Crippen LogP contribution in [-0.2, 0) is 71.1 Å². The quantitative estimate of drug-likeness (QED) is 0.0639. The molecule has 17 nitrogen and oxygen atoms in total. The number of aliphatic hydroxyl groups is 2. The maximum absolute atomic E-state index is 9.47. The van der Waals surface area contributed by atoms with Crippen molar-refractivity contribution in [3.8, 4) is 0 Å². The van der Waals surface area contributed by atoms with Crippen LogP contribution in [0.4, 0.5) is 0 Å². The predicted octanol–water partition coefficient (Wildman–Crippen LogP) is -0.375. The lowest BCUT2D eigenvalue weighted by molar-refractivity contribution is -0.357. The minimum absolute atomic E-state index is 0.00965. The highest BCUT2D eigenvalue weighted by atomic mass is 16.8. The minimum atomic E-state index is -1.70. The molecule has 0 aromatic rings. The first-order valence-electron chi connectivity index (χ1n) is 15.6. The summed E-state index contributed by atoms with van der Waals surface area (Å²) in [4.78, 5) is 0. The summed E-state index contributed by atoms with van der Waals surface area (Å²) in [5, 5.41) is 17.9. The van der Waals surface area contributed by atoms with E-state index in [1.165, 1.54) is 14.2 Å². The molecule has 0 aromatic carbocycles. The number of hydrogen-bond donors (Lipinski definition) is 2. The molecule has 0 bridgehead atoms. The molecule has 0 fully saturated rings. The Kier molecular flexibility index (Phi) is 51.2. The third-order valence-electron chi connectivity index (χ3n) is 5.12. The molecule has 2 N–H and O–H groups in total. The predicted molar refractivity (Wildman–Crippen MR) is 171 cm³/mol. The molecular formula is C30H66O17. The van der Waals surface area contributed by atoms with Crippen molar-refractivity contribution >= 4 is 0 Å². The molecule has 0 spiro atoms. The monoisotopic (exact) mass is 698 g/mol. The van der Waals surface area contributed by atoms with Crippen LogP contribution in [0, 0.1) is 0 Å². The molecule has 0 saturated heterocycles. The van der Waals surface area contributed by atoms with Gasteiger partial charge in [0.2, 0.25) is 0 Å². The van der Waals surface area contributed by atoms with E-state index in [2.05, 4.69) is 9.47 Å². The Morgan fingerprint density at radius 1 is 0.319 bits per heavy atom. The Morgan fingerprint density at radius 3 is 0.745 bits per heavy atom. The Bertz CT molecular complexity index is 469. The van der Waals surface area contributed by atoms with E-state index < -0.39 is 5.97 Å². The van der Waals surface area contributed by atoms with Crippen molar-refractivity contribution in [1.82, 2.24) is 0 Å². The molecule has 0 heterocycles. The lowest BCUT2D eigenvalue weighted by atomic mass is 10.6. The van der Waals surface area contributed by atoms with Crippen LogP contribution in [-0.4, -0.2) is 211 Å². The van der Waals surface area contributed by atoms with Gasteiger partial charge in [0.25, 0.3) is 0 Å². The number of ether oxygens (including phenoxy) is 15. The van der Waals surface area contributed by atoms with Gasteiger partial charge in [0.05, 0.1) is 145 Å². The van der Waals surface area contributed by atoms with Crippen molar-refractivity contribution in [2.75, 3.05) is 195 Å². The summed E-state index contributed by atoms with van der Waals surface area (Å²) in [5.41, 5.74) is 0. The van der Waals surface area contributed by atoms with Gasteiger partial charge in [-0.15, -0.1) is 0 Å². The van der Waals surface area contributed by atoms with Gasteiger partial charge in [-0.05, 0) is 0 Å². The van der Waals surface area contributed by atoms with E-state index >= 15 is 0 Å². The number of rotatable bonds is 36. The normalized spacial score (nSPS) is 11.2. The van der Waals surface area contributed by atoms with Crippen LogP contribution in [0.5, 0.6) is 0 Å². The van der Waals surface area contributed by atoms with Crippen LogP contribution in [0.1, 0.15) is 0 Å². The van der Waals surface area contributed by atoms with Gasteiger partial charge < -0.3 is 81.3 Å². The van der Waals surface area contributed by atoms with Gasteiger partial charge in [0.15, 0.2) is 0 Å². The van der Waals surface area contributed by atoms with E-state index in [0.717, 1.165) is 0 Å². The van der Waals surface area contributed by atoms with E-state index in [-0.39, 0.29) is 13.2 Å². The summed E-state index contributed by atoms with van der Waals surface area (Å²) in [6.07, 6.45) is 0. The minimum Gasteiger partial charge on any atom is -0.394 e. The lowest BCUT2D eigenvalue weighted by Gasteiger charge is -2.23. The van der Waals surface area contributed by atoms with Crippen molar-refractivity contribution < 1.29 is 81.3 Å². The molecular weight excluding hydrogens is 632 g/mol. The Morgan fingerprint density at radius 2 is 0.532 bits per heavy atom. The van der Waals surface area contributed by atoms with Crippen molar-refractivity contribution in [1.29, 1.82) is 0 Å². The van der Waals surface area contributed by atoms with Gasteiger partial charge in [-0.1, -0.05) is 0 Å². The van der Waals surface area contributed by atoms with E-state index in [0.29, 0.717) is 139 Å². The third kappa shape index (κ3) is 49.8. The standard InChI is InChI=1S/C10H22O7.2C10H22O5/c1-13-10(12,14-2)9-17-8-7-16-6-5-15-4-3-11;2*1-11-3-5-13-7-9-15-10-8-14-6-4-12-2/h11-12H,3-9H2,1-2H3;2*3-10H2,1-2H3. The molecule has 0 aromatic heterocycles. The number of hydrogen-bond acceptors (Lipinski definition) is 17. The van der Waals surface area contributed by atoms with E-state index in [1.807, 2.05) is 0 Å². The van der Waals surface area contributed by atoms with Crippen LogP contribution < -0.4 is 0 Å². The van der Waals surface area contributed by atoms with E-state index in [4.69, 9.17) is 66.7 Å². The fourth-order valence-electron chi connectivity index (χ4n) is 2.56. The smallest absolute Gasteiger partial charge is 0.304 e. The first kappa shape index (κ1) is 50.7. The number of methoxy groups -OCH3 is 6. The molecule has 0 amide bonds. The SMILES string of the molecule is COC(O)(COCCOCCOCCO)OC.COCCOCCOCCOCCOC.COCCOCCOCCOCCOC. The zero-order valence-electron chi connectivity index (χ0n) is 29.8. The van der Waals surface area contributed by atoms with Crippen LogP contribution in [0.2, 0.25) is 0 Å². The molecule has 0 unspecified atom stereocenters. The van der Waals surface area contributed by atoms with Crippen molar-refractivity contribution in [2.24, 2.45) is 0 Å². The van der Waals surface area contributed by atoms with Crippen LogP contribution in [0.3, 0.4) is 0 Å².